The number of aryl methyl sites for hydroxylation is 1. The molecule has 0 radical (unpaired) electrons. The summed E-state index contributed by atoms with van der Waals surface area (Å²) in [6, 6.07) is 6.15. The van der Waals surface area contributed by atoms with Crippen LogP contribution in [0.2, 0.25) is 0 Å². The first-order valence-corrected chi connectivity index (χ1v) is 6.90. The normalized spacial score (nSPS) is 13.0. The lowest BCUT2D eigenvalue weighted by molar-refractivity contribution is 0.219. The molecular formula is C15H22N2O2. The lowest BCUT2D eigenvalue weighted by Gasteiger charge is -2.12. The van der Waals surface area contributed by atoms with Crippen molar-refractivity contribution in [3.8, 4) is 0 Å². The monoisotopic (exact) mass is 262 g/mol. The van der Waals surface area contributed by atoms with Crippen LogP contribution in [0.3, 0.4) is 0 Å². The van der Waals surface area contributed by atoms with Gasteiger partial charge in [0.1, 0.15) is 5.52 Å². The van der Waals surface area contributed by atoms with E-state index < -0.39 is 0 Å². The van der Waals surface area contributed by atoms with E-state index in [1.54, 1.807) is 0 Å². The van der Waals surface area contributed by atoms with Crippen LogP contribution in [0.4, 0.5) is 0 Å². The molecule has 0 saturated carbocycles. The van der Waals surface area contributed by atoms with E-state index in [0.717, 1.165) is 37.0 Å². The van der Waals surface area contributed by atoms with Crippen LogP contribution in [0.15, 0.2) is 22.6 Å². The van der Waals surface area contributed by atoms with Crippen LogP contribution in [-0.2, 0) is 6.42 Å². The summed E-state index contributed by atoms with van der Waals surface area (Å²) in [5.41, 5.74) is 3.02. The number of rotatable bonds is 7. The van der Waals surface area contributed by atoms with Gasteiger partial charge >= 0.3 is 0 Å². The molecule has 0 bridgehead atoms. The maximum absolute atomic E-state index is 9.10. The Morgan fingerprint density at radius 1 is 1.42 bits per heavy atom. The first-order chi connectivity index (χ1) is 9.22. The minimum absolute atomic E-state index is 0.257. The quantitative estimate of drug-likeness (QED) is 0.752. The van der Waals surface area contributed by atoms with E-state index in [-0.39, 0.29) is 6.61 Å². The molecule has 2 rings (SSSR count). The van der Waals surface area contributed by atoms with Crippen LogP contribution in [0, 0.1) is 12.8 Å². The summed E-state index contributed by atoms with van der Waals surface area (Å²) in [5, 5.41) is 12.5. The van der Waals surface area contributed by atoms with Crippen LogP contribution < -0.4 is 5.32 Å². The molecule has 1 heterocycles. The zero-order valence-corrected chi connectivity index (χ0v) is 11.6. The fourth-order valence-electron chi connectivity index (χ4n) is 2.12. The molecule has 1 aromatic heterocycles. The summed E-state index contributed by atoms with van der Waals surface area (Å²) in [4.78, 5) is 4.29. The number of nitrogens with zero attached hydrogens (tertiary/aromatic N) is 1. The number of nitrogens with one attached hydrogen (secondary N) is 1. The number of benzene rings is 1. The molecule has 0 amide bonds. The third kappa shape index (κ3) is 3.78. The molecule has 2 aromatic rings. The van der Waals surface area contributed by atoms with E-state index in [2.05, 4.69) is 29.4 Å². The molecule has 1 unspecified atom stereocenters. The average molecular weight is 262 g/mol. The van der Waals surface area contributed by atoms with E-state index in [1.165, 1.54) is 5.56 Å². The first kappa shape index (κ1) is 14.0. The molecule has 1 atom stereocenters. The van der Waals surface area contributed by atoms with Gasteiger partial charge in [-0.2, -0.15) is 0 Å². The molecule has 4 nitrogen and oxygen atoms in total. The average Bonchev–Trinajstić information content (AvgIpc) is 2.78. The van der Waals surface area contributed by atoms with Crippen LogP contribution in [0.1, 0.15) is 24.8 Å². The Morgan fingerprint density at radius 2 is 2.26 bits per heavy atom. The standard InChI is InChI=1S/C15H22N2O2/c1-3-12(10-18)9-16-7-6-13-4-5-14-15(8-13)19-11(2)17-14/h4-5,8,12,16,18H,3,6-7,9-10H2,1-2H3. The summed E-state index contributed by atoms with van der Waals surface area (Å²) in [6.07, 6.45) is 1.96. The molecule has 0 aliphatic carbocycles. The topological polar surface area (TPSA) is 58.3 Å². The van der Waals surface area contributed by atoms with E-state index in [1.807, 2.05) is 13.0 Å². The Labute approximate surface area is 113 Å². The van der Waals surface area contributed by atoms with Crippen molar-refractivity contribution < 1.29 is 9.52 Å². The number of fused-ring (bicyclic) bond motifs is 1. The number of aliphatic hydroxyl groups excluding tert-OH is 1. The lowest BCUT2D eigenvalue weighted by atomic mass is 10.1. The molecule has 2 N–H and O–H groups in total. The molecule has 4 heteroatoms. The second-order valence-corrected chi connectivity index (χ2v) is 4.95. The Balaban J connectivity index is 1.84. The number of hydrogen-bond donors (Lipinski definition) is 2. The van der Waals surface area contributed by atoms with Crippen LogP contribution in [0.25, 0.3) is 11.1 Å². The molecular weight excluding hydrogens is 240 g/mol. The first-order valence-electron chi connectivity index (χ1n) is 6.90. The molecule has 1 aromatic carbocycles. The summed E-state index contributed by atoms with van der Waals surface area (Å²) < 4.78 is 5.52. The van der Waals surface area contributed by atoms with E-state index >= 15 is 0 Å². The van der Waals surface area contributed by atoms with Crippen molar-refractivity contribution in [3.63, 3.8) is 0 Å². The third-order valence-electron chi connectivity index (χ3n) is 3.42. The number of aliphatic hydroxyl groups is 1. The second-order valence-electron chi connectivity index (χ2n) is 4.95. The van der Waals surface area contributed by atoms with Gasteiger partial charge in [0, 0.05) is 20.1 Å². The summed E-state index contributed by atoms with van der Waals surface area (Å²) in [7, 11) is 0. The summed E-state index contributed by atoms with van der Waals surface area (Å²) >= 11 is 0. The largest absolute Gasteiger partial charge is 0.441 e. The molecule has 0 spiro atoms. The smallest absolute Gasteiger partial charge is 0.192 e. The number of oxazole rings is 1. The Morgan fingerprint density at radius 3 is 3.00 bits per heavy atom. The highest BCUT2D eigenvalue weighted by Crippen LogP contribution is 2.16. The summed E-state index contributed by atoms with van der Waals surface area (Å²) in [5.74, 6) is 1.07. The molecule has 0 aliphatic heterocycles. The third-order valence-corrected chi connectivity index (χ3v) is 3.42. The molecule has 104 valence electrons. The van der Waals surface area contributed by atoms with Crippen molar-refractivity contribution in [3.05, 3.63) is 29.7 Å². The van der Waals surface area contributed by atoms with Crippen molar-refractivity contribution in [2.75, 3.05) is 19.7 Å². The minimum atomic E-state index is 0.257. The van der Waals surface area contributed by atoms with E-state index in [0.29, 0.717) is 11.8 Å². The minimum Gasteiger partial charge on any atom is -0.441 e. The maximum atomic E-state index is 9.10. The van der Waals surface area contributed by atoms with Gasteiger partial charge < -0.3 is 14.8 Å². The highest BCUT2D eigenvalue weighted by atomic mass is 16.3. The number of aromatic nitrogens is 1. The second kappa shape index (κ2) is 6.68. The van der Waals surface area contributed by atoms with Crippen LogP contribution >= 0.6 is 0 Å². The van der Waals surface area contributed by atoms with Gasteiger partial charge in [-0.05, 0) is 43.0 Å². The van der Waals surface area contributed by atoms with Gasteiger partial charge in [0.25, 0.3) is 0 Å². The zero-order chi connectivity index (χ0) is 13.7. The predicted molar refractivity (Wildman–Crippen MR) is 76.2 cm³/mol. The van der Waals surface area contributed by atoms with Gasteiger partial charge in [0.15, 0.2) is 11.5 Å². The molecule has 0 aliphatic rings. The Bertz CT molecular complexity index is 518. The van der Waals surface area contributed by atoms with Gasteiger partial charge in [-0.15, -0.1) is 0 Å². The van der Waals surface area contributed by atoms with Gasteiger partial charge in [-0.3, -0.25) is 0 Å². The van der Waals surface area contributed by atoms with Crippen molar-refractivity contribution in [2.45, 2.75) is 26.7 Å². The van der Waals surface area contributed by atoms with Gasteiger partial charge in [0.2, 0.25) is 0 Å². The molecule has 0 saturated heterocycles. The Hall–Kier alpha value is -1.39. The predicted octanol–water partition coefficient (Wildman–Crippen LogP) is 2.29. The SMILES string of the molecule is CCC(CO)CNCCc1ccc2nc(C)oc2c1. The van der Waals surface area contributed by atoms with Crippen molar-refractivity contribution in [1.82, 2.24) is 10.3 Å². The molecule has 0 fully saturated rings. The highest BCUT2D eigenvalue weighted by Gasteiger charge is 2.05. The van der Waals surface area contributed by atoms with Gasteiger partial charge in [-0.1, -0.05) is 13.0 Å². The van der Waals surface area contributed by atoms with Crippen molar-refractivity contribution in [2.24, 2.45) is 5.92 Å². The Kier molecular flexibility index (Phi) is 4.93. The van der Waals surface area contributed by atoms with E-state index in [9.17, 15) is 0 Å². The van der Waals surface area contributed by atoms with Crippen molar-refractivity contribution >= 4 is 11.1 Å². The summed E-state index contributed by atoms with van der Waals surface area (Å²) in [6.45, 7) is 6.00. The van der Waals surface area contributed by atoms with Gasteiger partial charge in [-0.25, -0.2) is 4.98 Å². The van der Waals surface area contributed by atoms with Crippen molar-refractivity contribution in [1.29, 1.82) is 0 Å². The van der Waals surface area contributed by atoms with Gasteiger partial charge in [0.05, 0.1) is 0 Å². The fourth-order valence-corrected chi connectivity index (χ4v) is 2.12. The zero-order valence-electron chi connectivity index (χ0n) is 11.6. The van der Waals surface area contributed by atoms with E-state index in [4.69, 9.17) is 9.52 Å². The molecule has 19 heavy (non-hydrogen) atoms. The number of hydrogen-bond acceptors (Lipinski definition) is 4. The maximum Gasteiger partial charge on any atom is 0.192 e. The lowest BCUT2D eigenvalue weighted by Crippen LogP contribution is -2.26. The van der Waals surface area contributed by atoms with Crippen LogP contribution in [-0.4, -0.2) is 29.8 Å². The fraction of sp³-hybridized carbons (Fsp3) is 0.533. The highest BCUT2D eigenvalue weighted by molar-refractivity contribution is 5.73. The van der Waals surface area contributed by atoms with Crippen LogP contribution in [0.5, 0.6) is 0 Å².